The number of benzene rings is 2. The van der Waals surface area contributed by atoms with E-state index in [1.54, 1.807) is 0 Å². The summed E-state index contributed by atoms with van der Waals surface area (Å²) in [7, 11) is 1.43. The van der Waals surface area contributed by atoms with Gasteiger partial charge in [-0.15, -0.1) is 0 Å². The number of carbonyl (C=O) groups excluding carboxylic acids is 2. The Morgan fingerprint density at radius 3 is 2.56 bits per heavy atom. The fourth-order valence-electron chi connectivity index (χ4n) is 7.18. The van der Waals surface area contributed by atoms with Gasteiger partial charge in [-0.25, -0.2) is 4.79 Å². The van der Waals surface area contributed by atoms with Gasteiger partial charge in [0.15, 0.2) is 5.75 Å². The fraction of sp³-hybridized carbons (Fsp3) is 0.529. The molecule has 2 fully saturated rings. The average molecular weight is 558 g/mol. The predicted octanol–water partition coefficient (Wildman–Crippen LogP) is 7.13. The van der Waals surface area contributed by atoms with E-state index in [9.17, 15) is 9.59 Å². The monoisotopic (exact) mass is 557 g/mol. The second-order valence-corrected chi connectivity index (χ2v) is 11.9. The molecule has 3 aliphatic rings. The van der Waals surface area contributed by atoms with E-state index in [-0.39, 0.29) is 17.9 Å². The van der Waals surface area contributed by atoms with Crippen molar-refractivity contribution in [2.24, 2.45) is 0 Å². The van der Waals surface area contributed by atoms with E-state index in [0.717, 1.165) is 54.9 Å². The molecule has 0 spiro atoms. The minimum atomic E-state index is -0.317. The summed E-state index contributed by atoms with van der Waals surface area (Å²) >= 11 is 0. The molecule has 1 N–H and O–H groups in total. The lowest BCUT2D eigenvalue weighted by Crippen LogP contribution is -2.38. The molecule has 1 aliphatic carbocycles. The first-order valence-electron chi connectivity index (χ1n) is 15.6. The number of fused-ring (bicyclic) bond motifs is 5. The maximum Gasteiger partial charge on any atom is 0.337 e. The number of amides is 1. The fourth-order valence-corrected chi connectivity index (χ4v) is 7.18. The SMILES string of the molecule is CCC(CC(=O)N1CCCCC1)Nc1cccc2c1OCCn1c-2c(C2CCCCC2)c2ccc(C(=O)OC)cc21. The number of anilines is 1. The van der Waals surface area contributed by atoms with Gasteiger partial charge in [0.25, 0.3) is 0 Å². The molecule has 1 saturated heterocycles. The highest BCUT2D eigenvalue weighted by Crippen LogP contribution is 2.49. The van der Waals surface area contributed by atoms with Crippen LogP contribution in [0.3, 0.4) is 0 Å². The van der Waals surface area contributed by atoms with Crippen molar-refractivity contribution in [3.8, 4) is 17.0 Å². The number of nitrogens with zero attached hydrogens (tertiary/aromatic N) is 2. The number of likely N-dealkylation sites (tertiary alicyclic amines) is 1. The molecule has 2 aromatic carbocycles. The van der Waals surface area contributed by atoms with Gasteiger partial charge in [0.05, 0.1) is 30.6 Å². The molecule has 7 heteroatoms. The van der Waals surface area contributed by atoms with E-state index >= 15 is 0 Å². The molecule has 3 aromatic rings. The number of methoxy groups -OCH3 is 1. The minimum absolute atomic E-state index is 0.0362. The largest absolute Gasteiger partial charge is 0.489 e. The molecular weight excluding hydrogens is 514 g/mol. The Hall–Kier alpha value is -3.48. The Morgan fingerprint density at radius 2 is 1.80 bits per heavy atom. The first-order chi connectivity index (χ1) is 20.1. The first-order valence-corrected chi connectivity index (χ1v) is 15.6. The summed E-state index contributed by atoms with van der Waals surface area (Å²) in [6.45, 7) is 5.12. The highest BCUT2D eigenvalue weighted by Gasteiger charge is 2.31. The molecular formula is C34H43N3O4. The number of hydrogen-bond donors (Lipinski definition) is 1. The lowest BCUT2D eigenvalue weighted by atomic mass is 9.81. The number of aromatic nitrogens is 1. The quantitative estimate of drug-likeness (QED) is 0.313. The van der Waals surface area contributed by atoms with Crippen molar-refractivity contribution in [2.45, 2.75) is 89.6 Å². The van der Waals surface area contributed by atoms with Crippen molar-refractivity contribution in [1.82, 2.24) is 9.47 Å². The molecule has 1 amide bonds. The highest BCUT2D eigenvalue weighted by molar-refractivity contribution is 5.99. The van der Waals surface area contributed by atoms with Crippen molar-refractivity contribution in [3.05, 3.63) is 47.5 Å². The summed E-state index contributed by atoms with van der Waals surface area (Å²) in [6, 6.07) is 12.4. The van der Waals surface area contributed by atoms with Crippen LogP contribution < -0.4 is 10.1 Å². The molecule has 218 valence electrons. The van der Waals surface area contributed by atoms with Crippen molar-refractivity contribution < 1.29 is 19.1 Å². The van der Waals surface area contributed by atoms with Crippen molar-refractivity contribution in [1.29, 1.82) is 0 Å². The van der Waals surface area contributed by atoms with Crippen LogP contribution >= 0.6 is 0 Å². The van der Waals surface area contributed by atoms with Crippen LogP contribution in [0.2, 0.25) is 0 Å². The Balaban J connectivity index is 1.41. The lowest BCUT2D eigenvalue weighted by Gasteiger charge is -2.29. The molecule has 1 atom stereocenters. The van der Waals surface area contributed by atoms with E-state index in [2.05, 4.69) is 41.1 Å². The zero-order valence-electron chi connectivity index (χ0n) is 24.5. The molecule has 2 aliphatic heterocycles. The van der Waals surface area contributed by atoms with Crippen molar-refractivity contribution >= 4 is 28.5 Å². The van der Waals surface area contributed by atoms with Gasteiger partial charge in [0.1, 0.15) is 6.61 Å². The van der Waals surface area contributed by atoms with Crippen LogP contribution in [0.1, 0.15) is 93.0 Å². The Kier molecular flexibility index (Phi) is 8.22. The van der Waals surface area contributed by atoms with Crippen LogP contribution in [0.25, 0.3) is 22.2 Å². The third kappa shape index (κ3) is 5.43. The minimum Gasteiger partial charge on any atom is -0.489 e. The smallest absolute Gasteiger partial charge is 0.337 e. The molecule has 6 rings (SSSR count). The standard InChI is InChI=1S/C34H43N3O4/c1-3-25(22-30(38)36-17-8-5-9-18-36)35-28-14-10-13-27-32-31(23-11-6-4-7-12-23)26-16-15-24(34(39)40-2)21-29(26)37(32)19-20-41-33(27)28/h10,13-16,21,23,25,35H,3-9,11-12,17-20,22H2,1-2H3. The number of rotatable bonds is 7. The van der Waals surface area contributed by atoms with Gasteiger partial charge in [-0.3, -0.25) is 4.79 Å². The lowest BCUT2D eigenvalue weighted by molar-refractivity contribution is -0.132. The number of para-hydroxylation sites is 1. The van der Waals surface area contributed by atoms with Crippen LogP contribution in [-0.4, -0.2) is 54.2 Å². The summed E-state index contributed by atoms with van der Waals surface area (Å²) in [4.78, 5) is 27.6. The number of carbonyl (C=O) groups is 2. The van der Waals surface area contributed by atoms with E-state index in [0.29, 0.717) is 31.1 Å². The predicted molar refractivity (Wildman–Crippen MR) is 163 cm³/mol. The third-order valence-corrected chi connectivity index (χ3v) is 9.35. The van der Waals surface area contributed by atoms with Gasteiger partial charge in [-0.2, -0.15) is 0 Å². The van der Waals surface area contributed by atoms with E-state index < -0.39 is 0 Å². The van der Waals surface area contributed by atoms with Gasteiger partial charge < -0.3 is 24.3 Å². The number of hydrogen-bond acceptors (Lipinski definition) is 5. The molecule has 3 heterocycles. The second-order valence-electron chi connectivity index (χ2n) is 11.9. The summed E-state index contributed by atoms with van der Waals surface area (Å²) in [5, 5.41) is 4.93. The summed E-state index contributed by atoms with van der Waals surface area (Å²) in [6.07, 6.45) is 10.9. The molecule has 1 saturated carbocycles. The second kappa shape index (κ2) is 12.2. The van der Waals surface area contributed by atoms with E-state index in [1.807, 2.05) is 17.0 Å². The number of esters is 1. The highest BCUT2D eigenvalue weighted by atomic mass is 16.5. The van der Waals surface area contributed by atoms with Crippen LogP contribution in [0.4, 0.5) is 5.69 Å². The van der Waals surface area contributed by atoms with Gasteiger partial charge in [-0.05, 0) is 74.3 Å². The first kappa shape index (κ1) is 27.7. The number of ether oxygens (including phenoxy) is 2. The maximum atomic E-state index is 13.1. The van der Waals surface area contributed by atoms with Gasteiger partial charge in [0.2, 0.25) is 5.91 Å². The third-order valence-electron chi connectivity index (χ3n) is 9.35. The van der Waals surface area contributed by atoms with Crippen LogP contribution in [0.15, 0.2) is 36.4 Å². The Bertz CT molecular complexity index is 1420. The van der Waals surface area contributed by atoms with Crippen molar-refractivity contribution in [3.63, 3.8) is 0 Å². The van der Waals surface area contributed by atoms with Gasteiger partial charge >= 0.3 is 5.97 Å². The average Bonchev–Trinajstić information content (AvgIpc) is 3.21. The van der Waals surface area contributed by atoms with E-state index in [4.69, 9.17) is 9.47 Å². The molecule has 0 bridgehead atoms. The zero-order valence-corrected chi connectivity index (χ0v) is 24.5. The Labute approximate surface area is 243 Å². The van der Waals surface area contributed by atoms with Crippen LogP contribution in [0, 0.1) is 0 Å². The molecule has 41 heavy (non-hydrogen) atoms. The molecule has 7 nitrogen and oxygen atoms in total. The van der Waals surface area contributed by atoms with Crippen LogP contribution in [-0.2, 0) is 16.1 Å². The normalized spacial score (nSPS) is 18.1. The molecule has 0 radical (unpaired) electrons. The summed E-state index contributed by atoms with van der Waals surface area (Å²) in [5.74, 6) is 1.26. The molecule has 1 unspecified atom stereocenters. The van der Waals surface area contributed by atoms with Gasteiger partial charge in [0, 0.05) is 42.0 Å². The summed E-state index contributed by atoms with van der Waals surface area (Å²) in [5.41, 5.74) is 6.26. The van der Waals surface area contributed by atoms with Crippen molar-refractivity contribution in [2.75, 3.05) is 32.1 Å². The van der Waals surface area contributed by atoms with E-state index in [1.165, 1.54) is 62.3 Å². The molecule has 1 aromatic heterocycles. The summed E-state index contributed by atoms with van der Waals surface area (Å²) < 4.78 is 13.9. The number of nitrogens with one attached hydrogen (secondary N) is 1. The zero-order chi connectivity index (χ0) is 28.3. The Morgan fingerprint density at radius 1 is 1.02 bits per heavy atom. The van der Waals surface area contributed by atoms with Gasteiger partial charge in [-0.1, -0.05) is 38.3 Å². The van der Waals surface area contributed by atoms with Crippen LogP contribution in [0.5, 0.6) is 5.75 Å². The maximum absolute atomic E-state index is 13.1. The number of piperidine rings is 1. The topological polar surface area (TPSA) is 72.8 Å².